The van der Waals surface area contributed by atoms with Crippen molar-refractivity contribution in [2.24, 2.45) is 11.8 Å². The van der Waals surface area contributed by atoms with Crippen molar-refractivity contribution in [3.05, 3.63) is 35.4 Å². The maximum Gasteiger partial charge on any atom is 0.167 e. The number of piperidine rings is 1. The zero-order chi connectivity index (χ0) is 15.9. The van der Waals surface area contributed by atoms with Gasteiger partial charge in [-0.05, 0) is 56.2 Å². The summed E-state index contributed by atoms with van der Waals surface area (Å²) in [5, 5.41) is 0. The van der Waals surface area contributed by atoms with Crippen LogP contribution in [0.1, 0.15) is 62.4 Å². The van der Waals surface area contributed by atoms with E-state index in [1.54, 1.807) is 0 Å². The number of likely N-dealkylation sites (tertiary alicyclic amines) is 1. The fraction of sp³-hybridized carbons (Fsp3) is 0.650. The molecule has 2 heteroatoms. The van der Waals surface area contributed by atoms with Gasteiger partial charge in [0.1, 0.15) is 0 Å². The maximum absolute atomic E-state index is 12.7. The number of aryl methyl sites for hydroxylation is 1. The zero-order valence-corrected chi connectivity index (χ0v) is 14.5. The van der Waals surface area contributed by atoms with Crippen molar-refractivity contribution >= 4 is 5.78 Å². The topological polar surface area (TPSA) is 20.3 Å². The van der Waals surface area contributed by atoms with E-state index in [-0.39, 0.29) is 5.92 Å². The van der Waals surface area contributed by atoms with Gasteiger partial charge in [0, 0.05) is 24.6 Å². The summed E-state index contributed by atoms with van der Waals surface area (Å²) in [6, 6.07) is 8.21. The first-order chi connectivity index (χ1) is 10.8. The summed E-state index contributed by atoms with van der Waals surface area (Å²) in [5.74, 6) is 1.50. The van der Waals surface area contributed by atoms with E-state index in [0.717, 1.165) is 30.9 Å². The number of hydrogen-bond donors (Lipinski definition) is 0. The van der Waals surface area contributed by atoms with Crippen molar-refractivity contribution in [2.75, 3.05) is 19.6 Å². The molecule has 1 atom stereocenters. The molecule has 2 nitrogen and oxygen atoms in total. The second kappa shape index (κ2) is 8.47. The lowest BCUT2D eigenvalue weighted by atomic mass is 9.89. The average Bonchev–Trinajstić information content (AvgIpc) is 3.40. The standard InChI is InChI=1S/C18H25NO.C2H6/c1-2-14-5-3-6-16(11-14)18(20)17-7-4-10-19(13-17)12-15-8-9-15;1-2/h3,5-6,11,15,17H,2,4,7-10,12-13H2,1H3;1-2H3. The van der Waals surface area contributed by atoms with Gasteiger partial charge < -0.3 is 4.90 Å². The van der Waals surface area contributed by atoms with Crippen LogP contribution in [0.3, 0.4) is 0 Å². The molecule has 1 saturated carbocycles. The highest BCUT2D eigenvalue weighted by Crippen LogP contribution is 2.31. The van der Waals surface area contributed by atoms with E-state index in [4.69, 9.17) is 0 Å². The monoisotopic (exact) mass is 301 g/mol. The van der Waals surface area contributed by atoms with E-state index in [9.17, 15) is 4.79 Å². The van der Waals surface area contributed by atoms with Crippen LogP contribution in [0.25, 0.3) is 0 Å². The minimum absolute atomic E-state index is 0.217. The number of hydrogen-bond acceptors (Lipinski definition) is 2. The van der Waals surface area contributed by atoms with Gasteiger partial charge >= 0.3 is 0 Å². The summed E-state index contributed by atoms with van der Waals surface area (Å²) in [6.45, 7) is 9.53. The quantitative estimate of drug-likeness (QED) is 0.742. The largest absolute Gasteiger partial charge is 0.302 e. The molecule has 2 aliphatic rings. The normalized spacial score (nSPS) is 21.9. The van der Waals surface area contributed by atoms with E-state index in [2.05, 4.69) is 24.0 Å². The van der Waals surface area contributed by atoms with Crippen molar-refractivity contribution in [1.82, 2.24) is 4.90 Å². The fourth-order valence-electron chi connectivity index (χ4n) is 3.28. The van der Waals surface area contributed by atoms with Crippen LogP contribution in [0.2, 0.25) is 0 Å². The Kier molecular flexibility index (Phi) is 6.63. The smallest absolute Gasteiger partial charge is 0.167 e. The number of nitrogens with zero attached hydrogens (tertiary/aromatic N) is 1. The first-order valence-electron chi connectivity index (χ1n) is 9.11. The number of Topliss-reactive ketones (excluding diaryl/α,β-unsaturated/α-hetero) is 1. The van der Waals surface area contributed by atoms with Gasteiger partial charge in [-0.1, -0.05) is 39.0 Å². The van der Waals surface area contributed by atoms with E-state index in [1.165, 1.54) is 37.9 Å². The lowest BCUT2D eigenvalue weighted by Gasteiger charge is -2.32. The van der Waals surface area contributed by atoms with E-state index in [1.807, 2.05) is 26.0 Å². The Morgan fingerprint density at radius 1 is 1.23 bits per heavy atom. The predicted molar refractivity (Wildman–Crippen MR) is 93.4 cm³/mol. The summed E-state index contributed by atoms with van der Waals surface area (Å²) < 4.78 is 0. The molecular weight excluding hydrogens is 270 g/mol. The molecular formula is C20H31NO. The third-order valence-corrected chi connectivity index (χ3v) is 4.71. The molecule has 122 valence electrons. The molecule has 0 aromatic heterocycles. The Balaban J connectivity index is 0.000000847. The Bertz CT molecular complexity index is 478. The Hall–Kier alpha value is -1.15. The number of ketones is 1. The van der Waals surface area contributed by atoms with Crippen LogP contribution in [0.4, 0.5) is 0 Å². The Labute approximate surface area is 135 Å². The summed E-state index contributed by atoms with van der Waals surface area (Å²) in [5.41, 5.74) is 2.18. The lowest BCUT2D eigenvalue weighted by Crippen LogP contribution is -2.39. The minimum atomic E-state index is 0.217. The molecule has 1 aromatic carbocycles. The summed E-state index contributed by atoms with van der Waals surface area (Å²) >= 11 is 0. The first-order valence-corrected chi connectivity index (χ1v) is 9.11. The van der Waals surface area contributed by atoms with Gasteiger partial charge in [0.2, 0.25) is 0 Å². The molecule has 1 saturated heterocycles. The molecule has 1 aliphatic carbocycles. The molecule has 22 heavy (non-hydrogen) atoms. The van der Waals surface area contributed by atoms with Gasteiger partial charge in [-0.25, -0.2) is 0 Å². The third kappa shape index (κ3) is 4.67. The van der Waals surface area contributed by atoms with Crippen LogP contribution >= 0.6 is 0 Å². The average molecular weight is 301 g/mol. The highest BCUT2D eigenvalue weighted by Gasteiger charge is 2.30. The van der Waals surface area contributed by atoms with Crippen LogP contribution in [0, 0.1) is 11.8 Å². The van der Waals surface area contributed by atoms with Crippen LogP contribution in [0.15, 0.2) is 24.3 Å². The van der Waals surface area contributed by atoms with Gasteiger partial charge in [-0.15, -0.1) is 0 Å². The Morgan fingerprint density at radius 2 is 2.00 bits per heavy atom. The van der Waals surface area contributed by atoms with Crippen molar-refractivity contribution in [3.63, 3.8) is 0 Å². The van der Waals surface area contributed by atoms with Crippen LogP contribution in [-0.4, -0.2) is 30.3 Å². The van der Waals surface area contributed by atoms with Gasteiger partial charge in [0.25, 0.3) is 0 Å². The van der Waals surface area contributed by atoms with Crippen LogP contribution < -0.4 is 0 Å². The number of carbonyl (C=O) groups excluding carboxylic acids is 1. The zero-order valence-electron chi connectivity index (χ0n) is 14.5. The molecule has 0 spiro atoms. The molecule has 0 bridgehead atoms. The Morgan fingerprint density at radius 3 is 2.68 bits per heavy atom. The SMILES string of the molecule is CC.CCc1cccc(C(=O)C2CCCN(CC3CC3)C2)c1. The summed E-state index contributed by atoms with van der Waals surface area (Å²) in [7, 11) is 0. The summed E-state index contributed by atoms with van der Waals surface area (Å²) in [6.07, 6.45) is 6.04. The maximum atomic E-state index is 12.7. The fourth-order valence-corrected chi connectivity index (χ4v) is 3.28. The number of benzene rings is 1. The molecule has 1 heterocycles. The first kappa shape index (κ1) is 17.2. The van der Waals surface area contributed by atoms with Crippen LogP contribution in [-0.2, 0) is 6.42 Å². The summed E-state index contributed by atoms with van der Waals surface area (Å²) in [4.78, 5) is 15.2. The predicted octanol–water partition coefficient (Wildman–Crippen LogP) is 4.58. The molecule has 1 aromatic rings. The second-order valence-corrected chi connectivity index (χ2v) is 6.46. The van der Waals surface area contributed by atoms with Crippen molar-refractivity contribution in [3.8, 4) is 0 Å². The molecule has 2 fully saturated rings. The van der Waals surface area contributed by atoms with Crippen LogP contribution in [0.5, 0.6) is 0 Å². The van der Waals surface area contributed by atoms with E-state index >= 15 is 0 Å². The lowest BCUT2D eigenvalue weighted by molar-refractivity contribution is 0.0814. The van der Waals surface area contributed by atoms with Crippen molar-refractivity contribution in [2.45, 2.75) is 52.9 Å². The molecule has 3 rings (SSSR count). The van der Waals surface area contributed by atoms with Gasteiger partial charge in [0.05, 0.1) is 0 Å². The third-order valence-electron chi connectivity index (χ3n) is 4.71. The molecule has 1 aliphatic heterocycles. The van der Waals surface area contributed by atoms with E-state index in [0.29, 0.717) is 5.78 Å². The molecule has 0 radical (unpaired) electrons. The number of rotatable bonds is 5. The van der Waals surface area contributed by atoms with Crippen molar-refractivity contribution < 1.29 is 4.79 Å². The van der Waals surface area contributed by atoms with E-state index < -0.39 is 0 Å². The molecule has 0 amide bonds. The molecule has 0 N–H and O–H groups in total. The number of carbonyl (C=O) groups is 1. The van der Waals surface area contributed by atoms with Crippen molar-refractivity contribution in [1.29, 1.82) is 0 Å². The molecule has 1 unspecified atom stereocenters. The highest BCUT2D eigenvalue weighted by atomic mass is 16.1. The minimum Gasteiger partial charge on any atom is -0.302 e. The second-order valence-electron chi connectivity index (χ2n) is 6.46. The van der Waals surface area contributed by atoms with Gasteiger partial charge in [-0.2, -0.15) is 0 Å². The van der Waals surface area contributed by atoms with Gasteiger partial charge in [0.15, 0.2) is 5.78 Å². The highest BCUT2D eigenvalue weighted by molar-refractivity contribution is 5.98. The van der Waals surface area contributed by atoms with Gasteiger partial charge in [-0.3, -0.25) is 4.79 Å².